The smallest absolute Gasteiger partial charge is 0.189 e. The molecule has 0 aliphatic carbocycles. The molecule has 0 saturated carbocycles. The number of morpholine rings is 1. The third-order valence-corrected chi connectivity index (χ3v) is 4.15. The molecule has 0 N–H and O–H groups in total. The zero-order valence-corrected chi connectivity index (χ0v) is 14.5. The lowest BCUT2D eigenvalue weighted by Crippen LogP contribution is -2.36. The molecule has 4 heteroatoms. The van der Waals surface area contributed by atoms with Crippen LogP contribution in [0.25, 0.3) is 6.08 Å². The number of allylic oxidation sites excluding steroid dienone is 1. The molecular formula is C21H23NO3. The van der Waals surface area contributed by atoms with Gasteiger partial charge in [0.05, 0.1) is 25.4 Å². The van der Waals surface area contributed by atoms with Crippen molar-refractivity contribution >= 4 is 17.5 Å². The molecule has 1 aliphatic heterocycles. The first-order valence-corrected chi connectivity index (χ1v) is 8.65. The fourth-order valence-corrected chi connectivity index (χ4v) is 2.83. The van der Waals surface area contributed by atoms with Gasteiger partial charge in [0.15, 0.2) is 5.78 Å². The van der Waals surface area contributed by atoms with Crippen LogP contribution in [0.2, 0.25) is 0 Å². The summed E-state index contributed by atoms with van der Waals surface area (Å²) in [6.45, 7) is 5.83. The maximum atomic E-state index is 12.4. The van der Waals surface area contributed by atoms with Gasteiger partial charge < -0.3 is 14.4 Å². The van der Waals surface area contributed by atoms with Crippen molar-refractivity contribution in [2.75, 3.05) is 37.8 Å². The Morgan fingerprint density at radius 2 is 1.84 bits per heavy atom. The van der Waals surface area contributed by atoms with E-state index in [0.717, 1.165) is 31.9 Å². The second-order valence-corrected chi connectivity index (χ2v) is 5.82. The minimum atomic E-state index is -0.0543. The van der Waals surface area contributed by atoms with Gasteiger partial charge in [-0.2, -0.15) is 0 Å². The fourth-order valence-electron chi connectivity index (χ4n) is 2.83. The molecule has 0 unspecified atom stereocenters. The van der Waals surface area contributed by atoms with Crippen LogP contribution in [0.5, 0.6) is 5.75 Å². The second-order valence-electron chi connectivity index (χ2n) is 5.82. The van der Waals surface area contributed by atoms with Crippen molar-refractivity contribution in [1.82, 2.24) is 0 Å². The van der Waals surface area contributed by atoms with Crippen LogP contribution in [-0.2, 0) is 4.74 Å². The van der Waals surface area contributed by atoms with Gasteiger partial charge in [-0.25, -0.2) is 0 Å². The normalized spacial score (nSPS) is 14.7. The van der Waals surface area contributed by atoms with Crippen molar-refractivity contribution in [3.05, 3.63) is 65.7 Å². The van der Waals surface area contributed by atoms with Crippen LogP contribution in [0.3, 0.4) is 0 Å². The lowest BCUT2D eigenvalue weighted by atomic mass is 10.1. The van der Waals surface area contributed by atoms with Crippen molar-refractivity contribution < 1.29 is 14.3 Å². The van der Waals surface area contributed by atoms with E-state index in [0.29, 0.717) is 17.9 Å². The van der Waals surface area contributed by atoms with Crippen LogP contribution in [0.1, 0.15) is 22.8 Å². The number of rotatable bonds is 6. The van der Waals surface area contributed by atoms with Crippen LogP contribution in [0.15, 0.2) is 54.6 Å². The molecule has 25 heavy (non-hydrogen) atoms. The number of para-hydroxylation sites is 1. The Morgan fingerprint density at radius 1 is 1.12 bits per heavy atom. The molecule has 2 aromatic rings. The molecule has 0 radical (unpaired) electrons. The van der Waals surface area contributed by atoms with Gasteiger partial charge >= 0.3 is 0 Å². The Balaban J connectivity index is 1.68. The largest absolute Gasteiger partial charge is 0.493 e. The quantitative estimate of drug-likeness (QED) is 0.593. The molecule has 3 rings (SSSR count). The molecule has 0 aromatic heterocycles. The van der Waals surface area contributed by atoms with Gasteiger partial charge in [-0.05, 0) is 42.8 Å². The van der Waals surface area contributed by atoms with Crippen molar-refractivity contribution in [2.24, 2.45) is 0 Å². The Morgan fingerprint density at radius 3 is 2.56 bits per heavy atom. The lowest BCUT2D eigenvalue weighted by Gasteiger charge is -2.28. The summed E-state index contributed by atoms with van der Waals surface area (Å²) < 4.78 is 10.9. The number of ketones is 1. The van der Waals surface area contributed by atoms with E-state index in [4.69, 9.17) is 9.47 Å². The first-order valence-electron chi connectivity index (χ1n) is 8.65. The SMILES string of the molecule is CCOc1ccccc1C(=O)/C=C/c1ccc(N2CCOCC2)cc1. The first-order chi connectivity index (χ1) is 12.3. The number of hydrogen-bond acceptors (Lipinski definition) is 4. The highest BCUT2D eigenvalue weighted by Gasteiger charge is 2.11. The Labute approximate surface area is 148 Å². The molecule has 1 saturated heterocycles. The van der Waals surface area contributed by atoms with Crippen molar-refractivity contribution in [2.45, 2.75) is 6.92 Å². The van der Waals surface area contributed by atoms with E-state index in [9.17, 15) is 4.79 Å². The molecule has 130 valence electrons. The zero-order chi connectivity index (χ0) is 17.5. The maximum absolute atomic E-state index is 12.4. The molecule has 0 spiro atoms. The van der Waals surface area contributed by atoms with Crippen LogP contribution in [0, 0.1) is 0 Å². The highest BCUT2D eigenvalue weighted by molar-refractivity contribution is 6.08. The van der Waals surface area contributed by atoms with Gasteiger partial charge in [0, 0.05) is 18.8 Å². The summed E-state index contributed by atoms with van der Waals surface area (Å²) >= 11 is 0. The molecule has 4 nitrogen and oxygen atoms in total. The Bertz CT molecular complexity index is 731. The number of ether oxygens (including phenoxy) is 2. The predicted molar refractivity (Wildman–Crippen MR) is 100 cm³/mol. The topological polar surface area (TPSA) is 38.8 Å². The molecule has 1 heterocycles. The van der Waals surface area contributed by atoms with Gasteiger partial charge in [-0.1, -0.05) is 30.3 Å². The second kappa shape index (κ2) is 8.49. The summed E-state index contributed by atoms with van der Waals surface area (Å²) in [7, 11) is 0. The molecule has 0 bridgehead atoms. The summed E-state index contributed by atoms with van der Waals surface area (Å²) in [6, 6.07) is 15.6. The molecular weight excluding hydrogens is 314 g/mol. The number of carbonyl (C=O) groups excluding carboxylic acids is 1. The van der Waals surface area contributed by atoms with E-state index in [1.54, 1.807) is 12.1 Å². The summed E-state index contributed by atoms with van der Waals surface area (Å²) in [5.41, 5.74) is 2.78. The molecule has 1 fully saturated rings. The third-order valence-electron chi connectivity index (χ3n) is 4.15. The highest BCUT2D eigenvalue weighted by Crippen LogP contribution is 2.20. The van der Waals surface area contributed by atoms with Crippen molar-refractivity contribution in [1.29, 1.82) is 0 Å². The standard InChI is InChI=1S/C21H23NO3/c1-2-25-21-6-4-3-5-19(21)20(23)12-9-17-7-10-18(11-8-17)22-13-15-24-16-14-22/h3-12H,2,13-16H2,1H3/b12-9+. The summed E-state index contributed by atoms with van der Waals surface area (Å²) in [6.07, 6.45) is 3.44. The van der Waals surface area contributed by atoms with Gasteiger partial charge in [0.25, 0.3) is 0 Å². The molecule has 1 aliphatic rings. The van der Waals surface area contributed by atoms with Crippen molar-refractivity contribution in [3.8, 4) is 5.75 Å². The number of hydrogen-bond donors (Lipinski definition) is 0. The average molecular weight is 337 g/mol. The average Bonchev–Trinajstić information content (AvgIpc) is 2.68. The highest BCUT2D eigenvalue weighted by atomic mass is 16.5. The van der Waals surface area contributed by atoms with E-state index in [1.807, 2.05) is 43.3 Å². The lowest BCUT2D eigenvalue weighted by molar-refractivity contribution is 0.104. The summed E-state index contributed by atoms with van der Waals surface area (Å²) in [5, 5.41) is 0. The van der Waals surface area contributed by atoms with E-state index in [1.165, 1.54) is 5.69 Å². The summed E-state index contributed by atoms with van der Waals surface area (Å²) in [5.74, 6) is 0.573. The van der Waals surface area contributed by atoms with E-state index < -0.39 is 0 Å². The Kier molecular flexibility index (Phi) is 5.86. The number of benzene rings is 2. The molecule has 2 aromatic carbocycles. The van der Waals surface area contributed by atoms with Crippen LogP contribution < -0.4 is 9.64 Å². The van der Waals surface area contributed by atoms with Crippen LogP contribution in [0.4, 0.5) is 5.69 Å². The minimum Gasteiger partial charge on any atom is -0.493 e. The van der Waals surface area contributed by atoms with Gasteiger partial charge in [0.1, 0.15) is 5.75 Å². The zero-order valence-electron chi connectivity index (χ0n) is 14.5. The van der Waals surface area contributed by atoms with Gasteiger partial charge in [-0.3, -0.25) is 4.79 Å². The number of nitrogens with zero attached hydrogens (tertiary/aromatic N) is 1. The van der Waals surface area contributed by atoms with Gasteiger partial charge in [0.2, 0.25) is 0 Å². The fraction of sp³-hybridized carbons (Fsp3) is 0.286. The number of carbonyl (C=O) groups is 1. The van der Waals surface area contributed by atoms with Crippen LogP contribution in [-0.4, -0.2) is 38.7 Å². The Hall–Kier alpha value is -2.59. The van der Waals surface area contributed by atoms with Crippen LogP contribution >= 0.6 is 0 Å². The summed E-state index contributed by atoms with van der Waals surface area (Å²) in [4.78, 5) is 14.7. The monoisotopic (exact) mass is 337 g/mol. The minimum absolute atomic E-state index is 0.0543. The maximum Gasteiger partial charge on any atom is 0.189 e. The van der Waals surface area contributed by atoms with E-state index in [-0.39, 0.29) is 5.78 Å². The van der Waals surface area contributed by atoms with E-state index in [2.05, 4.69) is 17.0 Å². The predicted octanol–water partition coefficient (Wildman–Crippen LogP) is 3.82. The molecule has 0 atom stereocenters. The number of anilines is 1. The van der Waals surface area contributed by atoms with E-state index >= 15 is 0 Å². The van der Waals surface area contributed by atoms with Crippen molar-refractivity contribution in [3.63, 3.8) is 0 Å². The molecule has 0 amide bonds. The third kappa shape index (κ3) is 4.48. The first kappa shape index (κ1) is 17.2. The van der Waals surface area contributed by atoms with Gasteiger partial charge in [-0.15, -0.1) is 0 Å².